The van der Waals surface area contributed by atoms with E-state index < -0.39 is 78.5 Å². The van der Waals surface area contributed by atoms with Gasteiger partial charge in [-0.05, 0) is 38.5 Å². The number of hydrogen-bond donors (Lipinski definition) is 7. The Kier molecular flexibility index (Phi) is 27.9. The largest absolute Gasteiger partial charge is 0.397 e. The normalized spacial score (nSPS) is 23.0. The van der Waals surface area contributed by atoms with Gasteiger partial charge in [0.05, 0.1) is 25.4 Å². The predicted octanol–water partition coefficient (Wildman–Crippen LogP) is 5.18. The molecule has 0 bridgehead atoms. The second-order valence-electron chi connectivity index (χ2n) is 14.0. The highest BCUT2D eigenvalue weighted by molar-refractivity contribution is 7.80. The monoisotopic (exact) mass is 765 g/mol. The molecule has 14 heteroatoms. The lowest BCUT2D eigenvalue weighted by Crippen LogP contribution is -2.61. The van der Waals surface area contributed by atoms with Crippen LogP contribution in [0.15, 0.2) is 24.3 Å². The molecule has 1 fully saturated rings. The molecule has 1 aliphatic rings. The van der Waals surface area contributed by atoms with Crippen LogP contribution in [0.5, 0.6) is 0 Å². The number of aliphatic hydroxyl groups is 5. The van der Waals surface area contributed by atoms with E-state index in [1.807, 2.05) is 6.92 Å². The van der Waals surface area contributed by atoms with Crippen LogP contribution in [-0.4, -0.2) is 107 Å². The maximum atomic E-state index is 12.9. The van der Waals surface area contributed by atoms with E-state index in [2.05, 4.69) is 40.7 Å². The van der Waals surface area contributed by atoms with E-state index in [1.54, 1.807) is 0 Å². The van der Waals surface area contributed by atoms with Gasteiger partial charge in [-0.1, -0.05) is 134 Å². The van der Waals surface area contributed by atoms with Crippen LogP contribution in [0.25, 0.3) is 0 Å². The first kappa shape index (κ1) is 48.6. The van der Waals surface area contributed by atoms with Gasteiger partial charge in [0.2, 0.25) is 5.91 Å². The molecule has 0 aromatic heterocycles. The first-order valence-electron chi connectivity index (χ1n) is 19.8. The van der Waals surface area contributed by atoms with Crippen LogP contribution in [0.4, 0.5) is 0 Å². The minimum atomic E-state index is -5.09. The first-order valence-corrected chi connectivity index (χ1v) is 21.2. The summed E-state index contributed by atoms with van der Waals surface area (Å²) in [4.78, 5) is 12.9. The summed E-state index contributed by atoms with van der Waals surface area (Å²) in [5.74, 6) is -0.684. The first-order chi connectivity index (χ1) is 24.9. The second-order valence-corrected chi connectivity index (χ2v) is 15.0. The molecule has 8 unspecified atom stereocenters. The summed E-state index contributed by atoms with van der Waals surface area (Å²) in [5, 5.41) is 54.4. The predicted molar refractivity (Wildman–Crippen MR) is 201 cm³/mol. The molecule has 1 aliphatic heterocycles. The van der Waals surface area contributed by atoms with Crippen molar-refractivity contribution in [2.75, 3.05) is 13.2 Å². The van der Waals surface area contributed by atoms with E-state index in [1.165, 1.54) is 64.2 Å². The van der Waals surface area contributed by atoms with Crippen LogP contribution in [0.1, 0.15) is 149 Å². The number of nitrogens with one attached hydrogen (secondary N) is 1. The lowest BCUT2D eigenvalue weighted by molar-refractivity contribution is -0.298. The van der Waals surface area contributed by atoms with Crippen molar-refractivity contribution in [2.24, 2.45) is 0 Å². The molecule has 0 saturated carbocycles. The molecule has 306 valence electrons. The third kappa shape index (κ3) is 22.7. The smallest absolute Gasteiger partial charge is 0.394 e. The number of ether oxygens (including phenoxy) is 2. The summed E-state index contributed by atoms with van der Waals surface area (Å²) in [6, 6.07) is -1.03. The molecule has 1 rings (SSSR count). The highest BCUT2D eigenvalue weighted by atomic mass is 32.3. The molecule has 1 amide bonds. The van der Waals surface area contributed by atoms with Crippen molar-refractivity contribution in [1.29, 1.82) is 0 Å². The van der Waals surface area contributed by atoms with Gasteiger partial charge in [-0.25, -0.2) is 4.18 Å². The molecule has 0 aliphatic carbocycles. The topological polar surface area (TPSA) is 212 Å². The van der Waals surface area contributed by atoms with E-state index in [0.29, 0.717) is 19.3 Å². The summed E-state index contributed by atoms with van der Waals surface area (Å²) in [6.07, 6.45) is 19.3. The summed E-state index contributed by atoms with van der Waals surface area (Å²) >= 11 is 0. The molecule has 0 aromatic rings. The number of unbranched alkanes of at least 4 members (excludes halogenated alkanes) is 15. The van der Waals surface area contributed by atoms with Crippen LogP contribution in [0.3, 0.4) is 0 Å². The Morgan fingerprint density at radius 1 is 0.788 bits per heavy atom. The minimum Gasteiger partial charge on any atom is -0.394 e. The average Bonchev–Trinajstić information content (AvgIpc) is 3.11. The van der Waals surface area contributed by atoms with Gasteiger partial charge in [-0.2, -0.15) is 8.42 Å². The van der Waals surface area contributed by atoms with Crippen molar-refractivity contribution in [3.63, 3.8) is 0 Å². The van der Waals surface area contributed by atoms with Gasteiger partial charge < -0.3 is 40.3 Å². The van der Waals surface area contributed by atoms with Crippen LogP contribution < -0.4 is 5.32 Å². The summed E-state index contributed by atoms with van der Waals surface area (Å²) in [5.41, 5.74) is 0. The van der Waals surface area contributed by atoms with Crippen LogP contribution in [0, 0.1) is 0 Å². The maximum Gasteiger partial charge on any atom is 0.397 e. The van der Waals surface area contributed by atoms with Gasteiger partial charge in [-0.3, -0.25) is 9.35 Å². The fourth-order valence-corrected chi connectivity index (χ4v) is 6.72. The molecule has 7 N–H and O–H groups in total. The molecule has 1 heterocycles. The fraction of sp³-hybridized carbons (Fsp3) is 0.868. The number of amides is 1. The zero-order valence-electron chi connectivity index (χ0n) is 31.7. The number of hydrogen-bond acceptors (Lipinski definition) is 11. The van der Waals surface area contributed by atoms with E-state index in [0.717, 1.165) is 44.9 Å². The molecule has 8 atom stereocenters. The van der Waals surface area contributed by atoms with Gasteiger partial charge in [0, 0.05) is 0 Å². The highest BCUT2D eigenvalue weighted by Gasteiger charge is 2.48. The summed E-state index contributed by atoms with van der Waals surface area (Å²) in [7, 11) is -5.09. The second kappa shape index (κ2) is 29.8. The molecule has 52 heavy (non-hydrogen) atoms. The number of aliphatic hydroxyl groups excluding tert-OH is 5. The van der Waals surface area contributed by atoms with Crippen molar-refractivity contribution in [3.05, 3.63) is 24.3 Å². The van der Waals surface area contributed by atoms with Gasteiger partial charge in [-0.15, -0.1) is 0 Å². The third-order valence-corrected chi connectivity index (χ3v) is 9.85. The Labute approximate surface area is 313 Å². The lowest BCUT2D eigenvalue weighted by Gasteiger charge is -2.41. The van der Waals surface area contributed by atoms with Crippen molar-refractivity contribution in [1.82, 2.24) is 5.32 Å². The van der Waals surface area contributed by atoms with Crippen molar-refractivity contribution in [2.45, 2.75) is 198 Å². The SMILES string of the molecule is CC/C=C\C/C=C\CCCCCCCCCCCCCCCC(O)C(=O)NC(COC1OC(CO)C(O)C(OS(=O)(=O)O)C1O)C(O)CCCCC. The van der Waals surface area contributed by atoms with Crippen molar-refractivity contribution < 1.29 is 57.0 Å². The molecule has 0 aromatic carbocycles. The number of carbonyl (C=O) groups is 1. The molecular weight excluding hydrogens is 694 g/mol. The molecule has 13 nitrogen and oxygen atoms in total. The standard InChI is InChI=1S/C38H71NO12S/c1-3-5-7-8-9-10-11-12-13-14-15-16-17-18-19-20-21-22-23-25-27-32(42)37(45)39-30(31(41)26-24-6-4-2)29-49-38-35(44)36(51-52(46,47)48)34(43)33(28-40)50-38/h5,7,9-10,30-36,38,40-44H,3-4,6,8,11-29H2,1-2H3,(H,39,45)(H,46,47,48)/b7-5-,10-9-. The van der Waals surface area contributed by atoms with Crippen LogP contribution >= 0.6 is 0 Å². The quantitative estimate of drug-likeness (QED) is 0.0268. The van der Waals surface area contributed by atoms with Gasteiger partial charge in [0.15, 0.2) is 6.29 Å². The molecule has 1 saturated heterocycles. The van der Waals surface area contributed by atoms with Gasteiger partial charge >= 0.3 is 10.4 Å². The molecular formula is C38H71NO12S. The Balaban J connectivity index is 2.35. The highest BCUT2D eigenvalue weighted by Crippen LogP contribution is 2.26. The maximum absolute atomic E-state index is 12.9. The third-order valence-electron chi connectivity index (χ3n) is 9.38. The average molecular weight is 766 g/mol. The van der Waals surface area contributed by atoms with Gasteiger partial charge in [0.25, 0.3) is 0 Å². The van der Waals surface area contributed by atoms with Gasteiger partial charge in [0.1, 0.15) is 30.5 Å². The molecule has 0 spiro atoms. The Morgan fingerprint density at radius 3 is 1.90 bits per heavy atom. The minimum absolute atomic E-state index is 0.257. The number of allylic oxidation sites excluding steroid dienone is 4. The van der Waals surface area contributed by atoms with E-state index in [-0.39, 0.29) is 6.42 Å². The van der Waals surface area contributed by atoms with E-state index >= 15 is 0 Å². The fourth-order valence-electron chi connectivity index (χ4n) is 6.21. The molecule has 0 radical (unpaired) electrons. The summed E-state index contributed by atoms with van der Waals surface area (Å²) in [6.45, 7) is 2.94. The number of rotatable bonds is 32. The Hall–Kier alpha value is -1.46. The summed E-state index contributed by atoms with van der Waals surface area (Å²) < 4.78 is 47.0. The van der Waals surface area contributed by atoms with E-state index in [9.17, 15) is 38.7 Å². The van der Waals surface area contributed by atoms with Crippen LogP contribution in [0.2, 0.25) is 0 Å². The van der Waals surface area contributed by atoms with Crippen molar-refractivity contribution >= 4 is 16.3 Å². The lowest BCUT2D eigenvalue weighted by atomic mass is 9.99. The zero-order valence-corrected chi connectivity index (χ0v) is 32.5. The van der Waals surface area contributed by atoms with Crippen molar-refractivity contribution in [3.8, 4) is 0 Å². The van der Waals surface area contributed by atoms with Crippen LogP contribution in [-0.2, 0) is 28.9 Å². The Morgan fingerprint density at radius 2 is 1.35 bits per heavy atom. The number of carbonyl (C=O) groups excluding carboxylic acids is 1. The van der Waals surface area contributed by atoms with E-state index in [4.69, 9.17) is 14.0 Å². The Bertz CT molecular complexity index is 1060. The zero-order chi connectivity index (χ0) is 38.6.